The van der Waals surface area contributed by atoms with Crippen molar-refractivity contribution in [3.63, 3.8) is 0 Å². The third-order valence-electron chi connectivity index (χ3n) is 17.0. The third-order valence-corrected chi connectivity index (χ3v) is 17.0. The smallest absolute Gasteiger partial charge is 0.229 e. The van der Waals surface area contributed by atoms with Crippen molar-refractivity contribution in [2.45, 2.75) is 6.92 Å². The largest absolute Gasteiger partial charge is 0.573 e. The Morgan fingerprint density at radius 2 is 0.586 bits per heavy atom. The summed E-state index contributed by atoms with van der Waals surface area (Å²) in [6.45, 7) is 1.83. The minimum atomic E-state index is -1.19. The molecule has 0 atom stereocenters. The van der Waals surface area contributed by atoms with Crippen LogP contribution in [-0.4, -0.2) is 106 Å². The zero-order chi connectivity index (χ0) is 95.5. The van der Waals surface area contributed by atoms with E-state index in [-0.39, 0.29) is 146 Å². The van der Waals surface area contributed by atoms with E-state index in [1.54, 1.807) is 129 Å². The molecule has 727 valence electrons. The van der Waals surface area contributed by atoms with E-state index < -0.39 is 93.6 Å². The Bertz CT molecular complexity index is 6660. The molecule has 0 aliphatic carbocycles. The molecule has 15 aromatic heterocycles. The maximum Gasteiger partial charge on any atom is 0.229 e. The van der Waals surface area contributed by atoms with E-state index in [9.17, 15) is 70.2 Å². The van der Waals surface area contributed by atoms with Gasteiger partial charge < -0.3 is 56.3 Å². The number of rotatable bonds is 12. The SMILES string of the molecule is CNc1ccnc(-c2cc(F)n[n-]2)c1.Cc1ccnc(-c2[n-]nc(F)c2F)c1.Fc1c[c-]c(-n2cccn2)c(F)c1.Fc1c[c-]c(-n2cccn2)c(F)c1.Fc1c[c-]c(-n2cccn2)c(F)c1.Fc1c[c-]c(-n2cccn2)c(F)c1.Fc1c[c-]c(-n2cccn2)c(F)c1.Fc1cc(-c2ccccn2)[n-]n1.Fc1n[n-]c(-c2ccccn2)c1F.[Ir].[Ir].[Ir].[Ir].[Ir].c1ccc(-c2cc(-c3ccccn3)[n-]n2)cc1. The number of aromatic nitrogens is 25. The van der Waals surface area contributed by atoms with Gasteiger partial charge >= 0.3 is 0 Å². The Balaban J connectivity index is 0.000000211. The van der Waals surface area contributed by atoms with Crippen LogP contribution in [0.15, 0.2) is 311 Å². The van der Waals surface area contributed by atoms with Crippen molar-refractivity contribution >= 4 is 5.69 Å². The van der Waals surface area contributed by atoms with Gasteiger partial charge in [-0.25, -0.2) is 8.78 Å². The Hall–Kier alpha value is -14.9. The van der Waals surface area contributed by atoms with E-state index in [4.69, 9.17) is 0 Å². The summed E-state index contributed by atoms with van der Waals surface area (Å²) in [5.74, 6) is -12.3. The predicted molar refractivity (Wildman–Crippen MR) is 455 cm³/mol. The number of hydrogen-bond donors (Lipinski definition) is 1. The van der Waals surface area contributed by atoms with Gasteiger partial charge in [-0.1, -0.05) is 77.0 Å². The first-order valence-corrected chi connectivity index (χ1v) is 38.6. The van der Waals surface area contributed by atoms with Gasteiger partial charge in [-0.15, -0.1) is 60.7 Å². The minimum absolute atomic E-state index is 0. The topological polar surface area (TPSA) is 301 Å². The molecule has 26 nitrogen and oxygen atoms in total. The molecule has 1 N–H and O–H groups in total. The number of pyridine rings is 5. The Morgan fingerprint density at radius 1 is 0.271 bits per heavy atom. The molecule has 0 saturated heterocycles. The molecule has 21 rings (SSSR count). The summed E-state index contributed by atoms with van der Waals surface area (Å²) < 4.78 is 210. The molecule has 21 aromatic rings. The van der Waals surface area contributed by atoms with Gasteiger partial charge in [0.15, 0.2) is 23.5 Å². The summed E-state index contributed by atoms with van der Waals surface area (Å²) in [7, 11) is 1.80. The Morgan fingerprint density at radius 3 is 0.886 bits per heavy atom. The second-order valence-corrected chi connectivity index (χ2v) is 26.3. The van der Waals surface area contributed by atoms with E-state index in [1.807, 2.05) is 73.7 Å². The van der Waals surface area contributed by atoms with Crippen LogP contribution in [0, 0.1) is 131 Å². The molecule has 0 unspecified atom stereocenters. The third kappa shape index (κ3) is 32.9. The molecule has 0 spiro atoms. The Kier molecular flexibility index (Phi) is 45.4. The zero-order valence-corrected chi connectivity index (χ0v) is 82.8. The van der Waals surface area contributed by atoms with Crippen LogP contribution in [-0.2, 0) is 101 Å². The van der Waals surface area contributed by atoms with Crippen LogP contribution < -0.4 is 30.8 Å². The number of aryl methyl sites for hydroxylation is 1. The summed E-state index contributed by atoms with van der Waals surface area (Å²) in [4.78, 5) is 20.0. The predicted octanol–water partition coefficient (Wildman–Crippen LogP) is 18.1. The maximum absolute atomic E-state index is 13.1. The van der Waals surface area contributed by atoms with Gasteiger partial charge in [0.2, 0.25) is 11.9 Å². The van der Waals surface area contributed by atoms with E-state index in [0.717, 1.165) is 94.6 Å². The Labute approximate surface area is 851 Å². The second kappa shape index (κ2) is 56.7. The molecule has 0 fully saturated rings. The van der Waals surface area contributed by atoms with Crippen LogP contribution in [0.25, 0.3) is 96.6 Å². The first kappa shape index (κ1) is 112. The minimum Gasteiger partial charge on any atom is -0.573 e. The monoisotopic (exact) mass is 2810 g/mol. The van der Waals surface area contributed by atoms with Gasteiger partial charge in [-0.3, -0.25) is 92.2 Å². The van der Waals surface area contributed by atoms with Crippen molar-refractivity contribution < 1.29 is 171 Å². The van der Waals surface area contributed by atoms with Crippen LogP contribution in [0.1, 0.15) is 5.56 Å². The molecule has 0 amide bonds. The molecule has 0 aliphatic heterocycles. The van der Waals surface area contributed by atoms with E-state index in [2.05, 4.69) is 137 Å². The van der Waals surface area contributed by atoms with E-state index >= 15 is 0 Å². The molecule has 15 heterocycles. The summed E-state index contributed by atoms with van der Waals surface area (Å²) in [6.07, 6.45) is 23.4. The van der Waals surface area contributed by atoms with Crippen LogP contribution in [0.4, 0.5) is 75.9 Å². The first-order chi connectivity index (χ1) is 65.4. The van der Waals surface area contributed by atoms with Gasteiger partial charge in [0.25, 0.3) is 0 Å². The van der Waals surface area contributed by atoms with Crippen molar-refractivity contribution in [2.24, 2.45) is 0 Å². The summed E-state index contributed by atoms with van der Waals surface area (Å²) in [6, 6.07) is 67.3. The number of hydrogen-bond acceptors (Lipinski definition) is 16. The number of halogens is 16. The van der Waals surface area contributed by atoms with Crippen molar-refractivity contribution in [3.05, 3.63) is 441 Å². The number of benzene rings is 6. The van der Waals surface area contributed by atoms with Crippen molar-refractivity contribution in [3.8, 4) is 96.6 Å². The van der Waals surface area contributed by atoms with Gasteiger partial charge in [-0.2, -0.15) is 73.4 Å². The van der Waals surface area contributed by atoms with E-state index in [1.165, 1.54) is 85.0 Å². The molecule has 0 bridgehead atoms. The van der Waals surface area contributed by atoms with Crippen LogP contribution in [0.5, 0.6) is 0 Å². The van der Waals surface area contributed by atoms with Gasteiger partial charge in [0.05, 0.1) is 17.1 Å². The average Bonchev–Trinajstić information content (AvgIpc) is 1.81. The molecule has 6 aromatic carbocycles. The fourth-order valence-electron chi connectivity index (χ4n) is 10.8. The normalized spacial score (nSPS) is 9.93. The number of anilines is 1. The summed E-state index contributed by atoms with van der Waals surface area (Å²) in [5.41, 5.74) is 8.41. The molecule has 140 heavy (non-hydrogen) atoms. The zero-order valence-electron chi connectivity index (χ0n) is 70.8. The summed E-state index contributed by atoms with van der Waals surface area (Å²) in [5, 5.41) is 56.7. The average molecular weight is 2800 g/mol. The molecule has 0 aliphatic rings. The maximum atomic E-state index is 13.1. The van der Waals surface area contributed by atoms with E-state index in [0.29, 0.717) is 28.5 Å². The van der Waals surface area contributed by atoms with Crippen LogP contribution in [0.3, 0.4) is 0 Å². The standard InChI is InChI=1S/C14H10N3.C9H6F2N3.5C9H5F2N2.C9H8FN4.C8H4F2N3.C8H5FN3.5Ir/c1-2-6-11(7-3-1)13-10-14(17-16-13)12-8-4-5-9-15-12;1-5-2-3-12-6(4-5)8-7(10)9(11)14-13-8;5*10-7-2-3-9(8(11)6-7)13-5-1-4-12-13;1-11-6-2-3-12-7(4-6)8-5-9(10)14-13-8;9-6-7(12-13-8(6)10)5-3-1-2-4-11-5;9-8-5-7(11-12-8)6-3-1-2-4-10-6;;;;;/h1-10H;2-4H,1H3;5*1-2,4-6H;2-5H,1H3,(H-,11,12,13,14);1-4H;1-5H;;;;;/q10*-1;;;;;. The fraction of sp³-hybridized carbons (Fsp3) is 0.0215. The molecular weight excluding hydrogens is 2750 g/mol. The van der Waals surface area contributed by atoms with Crippen molar-refractivity contribution in [1.82, 2.24) is 125 Å². The molecule has 5 radical (unpaired) electrons. The van der Waals surface area contributed by atoms with Crippen molar-refractivity contribution in [2.75, 3.05) is 12.4 Å². The molecular formula is C93H58F16Ir5N26-10. The van der Waals surface area contributed by atoms with Gasteiger partial charge in [-0.05, 0) is 156 Å². The first-order valence-electron chi connectivity index (χ1n) is 38.6. The quantitative estimate of drug-likeness (QED) is 0.0877. The fourth-order valence-corrected chi connectivity index (χ4v) is 10.8. The second-order valence-electron chi connectivity index (χ2n) is 26.3. The summed E-state index contributed by atoms with van der Waals surface area (Å²) >= 11 is 0. The number of nitrogens with one attached hydrogen (secondary N) is 1. The van der Waals surface area contributed by atoms with Crippen LogP contribution in [0.2, 0.25) is 0 Å². The van der Waals surface area contributed by atoms with Crippen LogP contribution >= 0.6 is 0 Å². The molecule has 47 heteroatoms. The van der Waals surface area contributed by atoms with Gasteiger partial charge in [0, 0.05) is 281 Å². The molecule has 0 saturated carbocycles. The number of nitrogens with zero attached hydrogens (tertiary/aromatic N) is 25. The van der Waals surface area contributed by atoms with Crippen molar-refractivity contribution in [1.29, 1.82) is 0 Å². The van der Waals surface area contributed by atoms with Gasteiger partial charge in [0.1, 0.15) is 0 Å².